The largest absolute Gasteiger partial charge is 0.394 e. The minimum atomic E-state index is -1.48. The second-order valence-electron chi connectivity index (χ2n) is 4.39. The quantitative estimate of drug-likeness (QED) is 0.779. The van der Waals surface area contributed by atoms with Crippen molar-refractivity contribution in [3.8, 4) is 0 Å². The lowest BCUT2D eigenvalue weighted by molar-refractivity contribution is 0.242. The molecule has 1 aliphatic carbocycles. The van der Waals surface area contributed by atoms with Gasteiger partial charge in [0.1, 0.15) is 0 Å². The van der Waals surface area contributed by atoms with E-state index in [0.717, 1.165) is 25.0 Å². The first kappa shape index (κ1) is 12.4. The van der Waals surface area contributed by atoms with Gasteiger partial charge in [0.25, 0.3) is 0 Å². The van der Waals surface area contributed by atoms with Gasteiger partial charge in [-0.05, 0) is 43.0 Å². The SMILES string of the molecule is OCC(NCC1CC1)c1cc(F)c(F)c(F)c1. The summed E-state index contributed by atoms with van der Waals surface area (Å²) in [6.45, 7) is 0.420. The monoisotopic (exact) mass is 245 g/mol. The van der Waals surface area contributed by atoms with Crippen LogP contribution in [0.5, 0.6) is 0 Å². The van der Waals surface area contributed by atoms with Crippen molar-refractivity contribution in [2.75, 3.05) is 13.2 Å². The number of rotatable bonds is 5. The van der Waals surface area contributed by atoms with E-state index in [1.165, 1.54) is 0 Å². The first-order valence-corrected chi connectivity index (χ1v) is 5.60. The molecule has 1 aromatic carbocycles. The van der Waals surface area contributed by atoms with Crippen molar-refractivity contribution in [1.82, 2.24) is 5.32 Å². The molecular formula is C12H14F3NO. The Labute approximate surface area is 97.5 Å². The van der Waals surface area contributed by atoms with E-state index in [1.54, 1.807) is 0 Å². The minimum absolute atomic E-state index is 0.226. The van der Waals surface area contributed by atoms with Crippen molar-refractivity contribution in [3.63, 3.8) is 0 Å². The molecule has 0 heterocycles. The van der Waals surface area contributed by atoms with Crippen LogP contribution >= 0.6 is 0 Å². The Morgan fingerprint density at radius 3 is 2.29 bits per heavy atom. The molecule has 0 radical (unpaired) electrons. The van der Waals surface area contributed by atoms with Crippen LogP contribution in [0, 0.1) is 23.4 Å². The van der Waals surface area contributed by atoms with Crippen molar-refractivity contribution in [3.05, 3.63) is 35.1 Å². The predicted octanol–water partition coefficient (Wildman–Crippen LogP) is 2.14. The van der Waals surface area contributed by atoms with E-state index in [2.05, 4.69) is 5.32 Å². The molecule has 94 valence electrons. The maximum absolute atomic E-state index is 13.0. The highest BCUT2D eigenvalue weighted by molar-refractivity contribution is 5.22. The van der Waals surface area contributed by atoms with E-state index in [0.29, 0.717) is 12.5 Å². The van der Waals surface area contributed by atoms with Gasteiger partial charge in [-0.25, -0.2) is 13.2 Å². The van der Waals surface area contributed by atoms with Gasteiger partial charge in [0.2, 0.25) is 0 Å². The minimum Gasteiger partial charge on any atom is -0.394 e. The first-order valence-electron chi connectivity index (χ1n) is 5.60. The Morgan fingerprint density at radius 1 is 1.24 bits per heavy atom. The predicted molar refractivity (Wildman–Crippen MR) is 56.9 cm³/mol. The molecule has 1 atom stereocenters. The second-order valence-corrected chi connectivity index (χ2v) is 4.39. The first-order chi connectivity index (χ1) is 8.11. The number of nitrogens with one attached hydrogen (secondary N) is 1. The Kier molecular flexibility index (Phi) is 3.69. The highest BCUT2D eigenvalue weighted by atomic mass is 19.2. The fourth-order valence-electron chi connectivity index (χ4n) is 1.70. The van der Waals surface area contributed by atoms with E-state index in [-0.39, 0.29) is 12.2 Å². The number of hydrogen-bond donors (Lipinski definition) is 2. The van der Waals surface area contributed by atoms with Gasteiger partial charge in [-0.15, -0.1) is 0 Å². The molecule has 1 unspecified atom stereocenters. The zero-order valence-corrected chi connectivity index (χ0v) is 9.22. The van der Waals surface area contributed by atoms with E-state index in [1.807, 2.05) is 0 Å². The summed E-state index contributed by atoms with van der Waals surface area (Å²) in [5, 5.41) is 12.2. The highest BCUT2D eigenvalue weighted by Crippen LogP contribution is 2.28. The summed E-state index contributed by atoms with van der Waals surface area (Å²) >= 11 is 0. The summed E-state index contributed by atoms with van der Waals surface area (Å²) < 4.78 is 38.8. The third-order valence-corrected chi connectivity index (χ3v) is 2.94. The average Bonchev–Trinajstić information content (AvgIpc) is 3.10. The third-order valence-electron chi connectivity index (χ3n) is 2.94. The molecule has 2 rings (SSSR count). The fraction of sp³-hybridized carbons (Fsp3) is 0.500. The van der Waals surface area contributed by atoms with Gasteiger partial charge in [-0.1, -0.05) is 0 Å². The van der Waals surface area contributed by atoms with Gasteiger partial charge in [0.05, 0.1) is 12.6 Å². The van der Waals surface area contributed by atoms with Crippen LogP contribution in [0.25, 0.3) is 0 Å². The molecule has 5 heteroatoms. The lowest BCUT2D eigenvalue weighted by Crippen LogP contribution is -2.26. The zero-order chi connectivity index (χ0) is 12.4. The molecule has 0 saturated heterocycles. The van der Waals surface area contributed by atoms with E-state index >= 15 is 0 Å². The summed E-state index contributed by atoms with van der Waals surface area (Å²) in [5.74, 6) is -3.36. The second kappa shape index (κ2) is 5.06. The number of hydrogen-bond acceptors (Lipinski definition) is 2. The molecule has 0 spiro atoms. The topological polar surface area (TPSA) is 32.3 Å². The van der Waals surface area contributed by atoms with Gasteiger partial charge in [0, 0.05) is 0 Å². The summed E-state index contributed by atoms with van der Waals surface area (Å²) in [7, 11) is 0. The van der Waals surface area contributed by atoms with Gasteiger partial charge >= 0.3 is 0 Å². The molecule has 1 fully saturated rings. The molecule has 2 nitrogen and oxygen atoms in total. The van der Waals surface area contributed by atoms with Crippen molar-refractivity contribution in [2.45, 2.75) is 18.9 Å². The number of halogens is 3. The van der Waals surface area contributed by atoms with Crippen molar-refractivity contribution < 1.29 is 18.3 Å². The molecule has 1 aromatic rings. The Hall–Kier alpha value is -1.07. The third kappa shape index (κ3) is 2.98. The van der Waals surface area contributed by atoms with Crippen LogP contribution < -0.4 is 5.32 Å². The van der Waals surface area contributed by atoms with E-state index in [9.17, 15) is 13.2 Å². The maximum atomic E-state index is 13.0. The number of aliphatic hydroxyl groups is 1. The molecule has 1 saturated carbocycles. The van der Waals surface area contributed by atoms with Gasteiger partial charge in [-0.2, -0.15) is 0 Å². The summed E-state index contributed by atoms with van der Waals surface area (Å²) in [5.41, 5.74) is 0.226. The van der Waals surface area contributed by atoms with Crippen molar-refractivity contribution >= 4 is 0 Å². The lowest BCUT2D eigenvalue weighted by Gasteiger charge is -2.17. The van der Waals surface area contributed by atoms with Crippen molar-refractivity contribution in [2.24, 2.45) is 5.92 Å². The molecule has 17 heavy (non-hydrogen) atoms. The van der Waals surface area contributed by atoms with Crippen molar-refractivity contribution in [1.29, 1.82) is 0 Å². The van der Waals surface area contributed by atoms with Crippen LogP contribution in [0.4, 0.5) is 13.2 Å². The average molecular weight is 245 g/mol. The molecule has 1 aliphatic rings. The highest BCUT2D eigenvalue weighted by Gasteiger charge is 2.23. The number of benzene rings is 1. The summed E-state index contributed by atoms with van der Waals surface area (Å²) in [4.78, 5) is 0. The smallest absolute Gasteiger partial charge is 0.194 e. The van der Waals surface area contributed by atoms with Gasteiger partial charge < -0.3 is 10.4 Å². The van der Waals surface area contributed by atoms with Crippen LogP contribution in [0.2, 0.25) is 0 Å². The Morgan fingerprint density at radius 2 is 1.82 bits per heavy atom. The van der Waals surface area contributed by atoms with E-state index in [4.69, 9.17) is 5.11 Å². The van der Waals surface area contributed by atoms with Crippen LogP contribution in [-0.4, -0.2) is 18.3 Å². The molecule has 2 N–H and O–H groups in total. The maximum Gasteiger partial charge on any atom is 0.194 e. The Balaban J connectivity index is 2.11. The van der Waals surface area contributed by atoms with Gasteiger partial charge in [-0.3, -0.25) is 0 Å². The van der Waals surface area contributed by atoms with E-state index < -0.39 is 23.5 Å². The standard InChI is InChI=1S/C12H14F3NO/c13-9-3-8(4-10(14)12(9)15)11(6-17)16-5-7-1-2-7/h3-4,7,11,16-17H,1-2,5-6H2. The zero-order valence-electron chi connectivity index (χ0n) is 9.22. The van der Waals surface area contributed by atoms with Crippen LogP contribution in [0.15, 0.2) is 12.1 Å². The molecule has 0 aliphatic heterocycles. The van der Waals surface area contributed by atoms with Crippen LogP contribution in [-0.2, 0) is 0 Å². The molecular weight excluding hydrogens is 231 g/mol. The lowest BCUT2D eigenvalue weighted by atomic mass is 10.1. The molecule has 0 aromatic heterocycles. The summed E-state index contributed by atoms with van der Waals surface area (Å²) in [6, 6.07) is 1.28. The fourth-order valence-corrected chi connectivity index (χ4v) is 1.70. The summed E-state index contributed by atoms with van der Waals surface area (Å²) in [6.07, 6.45) is 2.27. The van der Waals surface area contributed by atoms with Gasteiger partial charge in [0.15, 0.2) is 17.5 Å². The normalized spacial score (nSPS) is 17.2. The number of aliphatic hydroxyl groups excluding tert-OH is 1. The molecule has 0 amide bonds. The Bertz CT molecular complexity index is 384. The van der Waals surface area contributed by atoms with Crippen LogP contribution in [0.3, 0.4) is 0 Å². The molecule has 0 bridgehead atoms. The van der Waals surface area contributed by atoms with Crippen LogP contribution in [0.1, 0.15) is 24.4 Å².